The number of hydrogen-bond donors (Lipinski definition) is 1. The molecule has 2 aliphatic rings. The monoisotopic (exact) mass is 197 g/mol. The first-order chi connectivity index (χ1) is 6.73. The van der Waals surface area contributed by atoms with E-state index >= 15 is 0 Å². The summed E-state index contributed by atoms with van der Waals surface area (Å²) in [5, 5.41) is 3.37. The summed E-state index contributed by atoms with van der Waals surface area (Å²) in [7, 11) is 1.49. The van der Waals surface area contributed by atoms with Crippen molar-refractivity contribution in [1.29, 1.82) is 0 Å². The van der Waals surface area contributed by atoms with E-state index in [1.165, 1.54) is 26.4 Å². The topological polar surface area (TPSA) is 38.3 Å². The van der Waals surface area contributed by atoms with Gasteiger partial charge >= 0.3 is 5.97 Å². The van der Waals surface area contributed by atoms with Crippen molar-refractivity contribution in [2.24, 2.45) is 11.8 Å². The van der Waals surface area contributed by atoms with Crippen molar-refractivity contribution in [3.05, 3.63) is 0 Å². The Kier molecular flexibility index (Phi) is 2.52. The molecule has 80 valence electrons. The molecule has 0 spiro atoms. The summed E-state index contributed by atoms with van der Waals surface area (Å²) in [4.78, 5) is 11.8. The van der Waals surface area contributed by atoms with Gasteiger partial charge in [0.25, 0.3) is 0 Å². The highest BCUT2D eigenvalue weighted by Crippen LogP contribution is 2.51. The summed E-state index contributed by atoms with van der Waals surface area (Å²) >= 11 is 0. The maximum Gasteiger partial charge on any atom is 0.326 e. The molecule has 0 aromatic rings. The van der Waals surface area contributed by atoms with Gasteiger partial charge in [0.15, 0.2) is 0 Å². The molecule has 0 heterocycles. The molecule has 0 aromatic carbocycles. The predicted octanol–water partition coefficient (Wildman–Crippen LogP) is 1.33. The average Bonchev–Trinajstić information content (AvgIpc) is 2.77. The maximum absolute atomic E-state index is 11.8. The summed E-state index contributed by atoms with van der Waals surface area (Å²) in [6.07, 6.45) is 4.68. The summed E-state index contributed by atoms with van der Waals surface area (Å²) in [5.74, 6) is 1.21. The number of carbonyl (C=O) groups excluding carboxylic acids is 1. The number of esters is 1. The molecular weight excluding hydrogens is 178 g/mol. The number of carbonyl (C=O) groups is 1. The highest BCUT2D eigenvalue weighted by Gasteiger charge is 2.55. The molecule has 14 heavy (non-hydrogen) atoms. The lowest BCUT2D eigenvalue weighted by Gasteiger charge is -2.35. The molecule has 0 radical (unpaired) electrons. The minimum atomic E-state index is -0.341. The molecule has 0 amide bonds. The van der Waals surface area contributed by atoms with Gasteiger partial charge < -0.3 is 10.1 Å². The lowest BCUT2D eigenvalue weighted by molar-refractivity contribution is -0.151. The first kappa shape index (κ1) is 9.97. The summed E-state index contributed by atoms with van der Waals surface area (Å²) in [6.45, 7) is 2.90. The van der Waals surface area contributed by atoms with E-state index < -0.39 is 0 Å². The van der Waals surface area contributed by atoms with Crippen LogP contribution in [0.3, 0.4) is 0 Å². The Balaban J connectivity index is 2.19. The Morgan fingerprint density at radius 2 is 2.36 bits per heavy atom. The first-order valence-corrected chi connectivity index (χ1v) is 5.56. The van der Waals surface area contributed by atoms with Gasteiger partial charge in [-0.25, -0.2) is 0 Å². The van der Waals surface area contributed by atoms with Crippen LogP contribution in [0.1, 0.15) is 32.6 Å². The van der Waals surface area contributed by atoms with Crippen molar-refractivity contribution in [2.45, 2.75) is 38.1 Å². The fraction of sp³-hybridized carbons (Fsp3) is 0.909. The van der Waals surface area contributed by atoms with Gasteiger partial charge in [-0.2, -0.15) is 0 Å². The molecule has 3 atom stereocenters. The van der Waals surface area contributed by atoms with Crippen LogP contribution in [-0.2, 0) is 9.53 Å². The van der Waals surface area contributed by atoms with Crippen LogP contribution in [0, 0.1) is 11.8 Å². The Hall–Kier alpha value is -0.570. The number of fused-ring (bicyclic) bond motifs is 2. The number of nitrogens with one attached hydrogen (secondary N) is 1. The third-order valence-electron chi connectivity index (χ3n) is 3.89. The fourth-order valence-corrected chi connectivity index (χ4v) is 3.37. The summed E-state index contributed by atoms with van der Waals surface area (Å²) < 4.78 is 4.94. The molecule has 0 aliphatic heterocycles. The van der Waals surface area contributed by atoms with Crippen molar-refractivity contribution < 1.29 is 9.53 Å². The fourth-order valence-electron chi connectivity index (χ4n) is 3.37. The van der Waals surface area contributed by atoms with Gasteiger partial charge in [-0.05, 0) is 37.6 Å². The normalized spacial score (nSPS) is 40.1. The van der Waals surface area contributed by atoms with Gasteiger partial charge in [0.2, 0.25) is 0 Å². The zero-order valence-corrected chi connectivity index (χ0v) is 9.01. The molecule has 3 heteroatoms. The highest BCUT2D eigenvalue weighted by molar-refractivity contribution is 5.82. The smallest absolute Gasteiger partial charge is 0.326 e. The van der Waals surface area contributed by atoms with Crippen molar-refractivity contribution in [3.8, 4) is 0 Å². The van der Waals surface area contributed by atoms with Crippen molar-refractivity contribution >= 4 is 5.97 Å². The Morgan fingerprint density at radius 3 is 2.79 bits per heavy atom. The number of rotatable bonds is 3. The zero-order chi connectivity index (χ0) is 10.2. The summed E-state index contributed by atoms with van der Waals surface area (Å²) in [5.41, 5.74) is -0.341. The van der Waals surface area contributed by atoms with Crippen LogP contribution in [0.25, 0.3) is 0 Å². The van der Waals surface area contributed by atoms with Crippen LogP contribution in [-0.4, -0.2) is 25.2 Å². The molecule has 0 saturated heterocycles. The molecule has 3 unspecified atom stereocenters. The summed E-state index contributed by atoms with van der Waals surface area (Å²) in [6, 6.07) is 0. The predicted molar refractivity (Wildman–Crippen MR) is 53.9 cm³/mol. The molecule has 2 saturated carbocycles. The van der Waals surface area contributed by atoms with Crippen LogP contribution in [0.4, 0.5) is 0 Å². The minimum Gasteiger partial charge on any atom is -0.468 e. The molecular formula is C11H19NO2. The number of methoxy groups -OCH3 is 1. The molecule has 0 aromatic heterocycles. The van der Waals surface area contributed by atoms with E-state index in [1.807, 2.05) is 0 Å². The van der Waals surface area contributed by atoms with Gasteiger partial charge in [-0.15, -0.1) is 0 Å². The second kappa shape index (κ2) is 3.54. The molecule has 2 rings (SSSR count). The quantitative estimate of drug-likeness (QED) is 0.694. The van der Waals surface area contributed by atoms with Crippen LogP contribution < -0.4 is 5.32 Å². The second-order valence-electron chi connectivity index (χ2n) is 4.57. The molecule has 1 N–H and O–H groups in total. The molecule has 3 nitrogen and oxygen atoms in total. The van der Waals surface area contributed by atoms with E-state index in [2.05, 4.69) is 12.2 Å². The van der Waals surface area contributed by atoms with Crippen molar-refractivity contribution in [1.82, 2.24) is 5.32 Å². The molecule has 2 bridgehead atoms. The lowest BCUT2D eigenvalue weighted by atomic mass is 9.81. The van der Waals surface area contributed by atoms with E-state index in [0.29, 0.717) is 5.92 Å². The van der Waals surface area contributed by atoms with Gasteiger partial charge in [-0.1, -0.05) is 13.3 Å². The van der Waals surface area contributed by atoms with E-state index in [0.717, 1.165) is 18.9 Å². The van der Waals surface area contributed by atoms with E-state index in [4.69, 9.17) is 4.74 Å². The van der Waals surface area contributed by atoms with Gasteiger partial charge in [0, 0.05) is 0 Å². The largest absolute Gasteiger partial charge is 0.468 e. The van der Waals surface area contributed by atoms with Gasteiger partial charge in [-0.3, -0.25) is 4.79 Å². The first-order valence-electron chi connectivity index (χ1n) is 5.56. The van der Waals surface area contributed by atoms with E-state index in [-0.39, 0.29) is 11.5 Å². The maximum atomic E-state index is 11.8. The van der Waals surface area contributed by atoms with Crippen LogP contribution in [0.15, 0.2) is 0 Å². The van der Waals surface area contributed by atoms with Crippen molar-refractivity contribution in [3.63, 3.8) is 0 Å². The van der Waals surface area contributed by atoms with Crippen LogP contribution in [0.2, 0.25) is 0 Å². The van der Waals surface area contributed by atoms with Crippen LogP contribution >= 0.6 is 0 Å². The van der Waals surface area contributed by atoms with Crippen LogP contribution in [0.5, 0.6) is 0 Å². The Bertz CT molecular complexity index is 241. The SMILES string of the molecule is CCNC1(C(=O)OC)CC2CCC1C2. The molecule has 2 aliphatic carbocycles. The lowest BCUT2D eigenvalue weighted by Crippen LogP contribution is -2.56. The number of ether oxygens (including phenoxy) is 1. The Morgan fingerprint density at radius 1 is 1.57 bits per heavy atom. The number of likely N-dealkylation sites (N-methyl/N-ethyl adjacent to an activating group) is 1. The number of hydrogen-bond acceptors (Lipinski definition) is 3. The second-order valence-corrected chi connectivity index (χ2v) is 4.57. The standard InChI is InChI=1S/C11H19NO2/c1-3-12-11(10(13)14-2)7-8-4-5-9(11)6-8/h8-9,12H,3-7H2,1-2H3. The van der Waals surface area contributed by atoms with Gasteiger partial charge in [0.1, 0.15) is 5.54 Å². The third kappa shape index (κ3) is 1.26. The zero-order valence-electron chi connectivity index (χ0n) is 9.01. The van der Waals surface area contributed by atoms with E-state index in [1.54, 1.807) is 0 Å². The van der Waals surface area contributed by atoms with Crippen molar-refractivity contribution in [2.75, 3.05) is 13.7 Å². The van der Waals surface area contributed by atoms with E-state index in [9.17, 15) is 4.79 Å². The average molecular weight is 197 g/mol. The van der Waals surface area contributed by atoms with Gasteiger partial charge in [0.05, 0.1) is 7.11 Å². The third-order valence-corrected chi connectivity index (χ3v) is 3.89. The Labute approximate surface area is 85.2 Å². The minimum absolute atomic E-state index is 0.0495. The highest BCUT2D eigenvalue weighted by atomic mass is 16.5. The molecule has 2 fully saturated rings.